The molecular weight excluding hydrogens is 598 g/mol. The van der Waals surface area contributed by atoms with Crippen molar-refractivity contribution in [3.63, 3.8) is 0 Å². The van der Waals surface area contributed by atoms with Gasteiger partial charge in [0.25, 0.3) is 5.69 Å². The van der Waals surface area contributed by atoms with Crippen LogP contribution in [0.15, 0.2) is 82.3 Å². The molecule has 0 aliphatic carbocycles. The van der Waals surface area contributed by atoms with E-state index in [-0.39, 0.29) is 22.7 Å². The normalized spacial score (nSPS) is 21.3. The van der Waals surface area contributed by atoms with E-state index in [1.807, 2.05) is 59.6 Å². The minimum Gasteiger partial charge on any atom is -0.414 e. The topological polar surface area (TPSA) is 85.0 Å². The van der Waals surface area contributed by atoms with Gasteiger partial charge in [-0.1, -0.05) is 91.3 Å². The molecule has 1 spiro atoms. The SMILES string of the molecule is CC(C)(C)[Si](C)(C)OC[C@H](c1ccccc1)N1CCC2(C=Nc3cccc(Br)c32)C(c2ccccc2[N+](=O)[O-])C1=O. The van der Waals surface area contributed by atoms with Gasteiger partial charge in [0.2, 0.25) is 5.91 Å². The van der Waals surface area contributed by atoms with Gasteiger partial charge in [-0.3, -0.25) is 19.9 Å². The maximum atomic E-state index is 14.9. The van der Waals surface area contributed by atoms with E-state index in [2.05, 4.69) is 49.8 Å². The lowest BCUT2D eigenvalue weighted by Crippen LogP contribution is -2.55. The summed E-state index contributed by atoms with van der Waals surface area (Å²) in [6, 6.07) is 22.0. The summed E-state index contributed by atoms with van der Waals surface area (Å²) < 4.78 is 7.56. The molecular formula is C32H36BrN3O4Si. The quantitative estimate of drug-likeness (QED) is 0.149. The number of amides is 1. The summed E-state index contributed by atoms with van der Waals surface area (Å²) in [6.45, 7) is 11.8. The molecule has 2 aliphatic rings. The lowest BCUT2D eigenvalue weighted by Gasteiger charge is -2.47. The number of para-hydroxylation sites is 1. The molecule has 1 amide bonds. The Hall–Kier alpha value is -3.14. The molecule has 7 nitrogen and oxygen atoms in total. The smallest absolute Gasteiger partial charge is 0.273 e. The molecule has 2 unspecified atom stereocenters. The van der Waals surface area contributed by atoms with E-state index in [0.717, 1.165) is 21.3 Å². The second kappa shape index (κ2) is 10.9. The van der Waals surface area contributed by atoms with Crippen LogP contribution in [0, 0.1) is 10.1 Å². The molecule has 5 rings (SSSR count). The number of nitro benzene ring substituents is 1. The first-order chi connectivity index (χ1) is 19.4. The number of rotatable bonds is 7. The average Bonchev–Trinajstić information content (AvgIpc) is 3.30. The molecule has 9 heteroatoms. The fourth-order valence-corrected chi connectivity index (χ4v) is 7.58. The van der Waals surface area contributed by atoms with E-state index in [9.17, 15) is 14.9 Å². The molecule has 0 aromatic heterocycles. The highest BCUT2D eigenvalue weighted by molar-refractivity contribution is 9.10. The first kappa shape index (κ1) is 29.4. The molecule has 0 saturated carbocycles. The van der Waals surface area contributed by atoms with Crippen LogP contribution in [-0.2, 0) is 14.6 Å². The Morgan fingerprint density at radius 3 is 2.46 bits per heavy atom. The van der Waals surface area contributed by atoms with Crippen LogP contribution < -0.4 is 0 Å². The van der Waals surface area contributed by atoms with Crippen LogP contribution in [0.4, 0.5) is 11.4 Å². The number of nitrogens with zero attached hydrogens (tertiary/aromatic N) is 3. The van der Waals surface area contributed by atoms with Crippen molar-refractivity contribution >= 4 is 47.7 Å². The third kappa shape index (κ3) is 5.19. The van der Waals surface area contributed by atoms with E-state index in [1.54, 1.807) is 18.2 Å². The third-order valence-corrected chi connectivity index (χ3v) is 14.3. The van der Waals surface area contributed by atoms with Crippen molar-refractivity contribution in [2.45, 2.75) is 62.7 Å². The van der Waals surface area contributed by atoms with E-state index in [0.29, 0.717) is 25.1 Å². The van der Waals surface area contributed by atoms with Crippen LogP contribution in [0.25, 0.3) is 0 Å². The van der Waals surface area contributed by atoms with Gasteiger partial charge >= 0.3 is 0 Å². The third-order valence-electron chi connectivity index (χ3n) is 9.12. The largest absolute Gasteiger partial charge is 0.414 e. The van der Waals surface area contributed by atoms with Crippen molar-refractivity contribution in [2.24, 2.45) is 4.99 Å². The summed E-state index contributed by atoms with van der Waals surface area (Å²) in [7, 11) is -2.13. The lowest BCUT2D eigenvalue weighted by molar-refractivity contribution is -0.385. The van der Waals surface area contributed by atoms with Crippen LogP contribution in [-0.4, -0.2) is 43.4 Å². The summed E-state index contributed by atoms with van der Waals surface area (Å²) in [4.78, 5) is 33.4. The maximum Gasteiger partial charge on any atom is 0.273 e. The van der Waals surface area contributed by atoms with Gasteiger partial charge in [0, 0.05) is 34.4 Å². The highest BCUT2D eigenvalue weighted by atomic mass is 79.9. The van der Waals surface area contributed by atoms with E-state index < -0.39 is 24.6 Å². The number of piperidine rings is 1. The van der Waals surface area contributed by atoms with Crippen molar-refractivity contribution < 1.29 is 14.1 Å². The number of carbonyl (C=O) groups is 1. The second-order valence-corrected chi connectivity index (χ2v) is 18.1. The van der Waals surface area contributed by atoms with E-state index in [4.69, 9.17) is 9.42 Å². The Kier molecular flexibility index (Phi) is 7.82. The Bertz CT molecular complexity index is 1500. The lowest BCUT2D eigenvalue weighted by atomic mass is 9.64. The van der Waals surface area contributed by atoms with Crippen molar-refractivity contribution in [1.29, 1.82) is 0 Å². The Morgan fingerprint density at radius 1 is 1.10 bits per heavy atom. The fourth-order valence-electron chi connectivity index (χ4n) is 5.85. The van der Waals surface area contributed by atoms with Crippen LogP contribution in [0.2, 0.25) is 18.1 Å². The number of fused-ring (bicyclic) bond motifs is 2. The van der Waals surface area contributed by atoms with Gasteiger partial charge in [0.05, 0.1) is 34.6 Å². The summed E-state index contributed by atoms with van der Waals surface area (Å²) >= 11 is 3.72. The molecule has 41 heavy (non-hydrogen) atoms. The standard InChI is InChI=1S/C32H36BrN3O4Si/c1-31(2,3)41(4,5)40-20-27(22-12-7-6-8-13-22)35-19-18-32(21-34-25-16-11-15-24(33)29(25)32)28(30(35)37)23-14-9-10-17-26(23)36(38)39/h6-17,21,27-28H,18-20H2,1-5H3/t27-,28?,32?/m1/s1. The Balaban J connectivity index is 1.64. The number of aliphatic imine (C=N–C) groups is 1. The highest BCUT2D eigenvalue weighted by Crippen LogP contribution is 2.55. The fraction of sp³-hybridized carbons (Fsp3) is 0.375. The van der Waals surface area contributed by atoms with Crippen LogP contribution in [0.3, 0.4) is 0 Å². The summed E-state index contributed by atoms with van der Waals surface area (Å²) in [6.07, 6.45) is 2.42. The number of halogens is 1. The molecule has 3 atom stereocenters. The number of hydrogen-bond acceptors (Lipinski definition) is 5. The maximum absolute atomic E-state index is 14.9. The predicted molar refractivity (Wildman–Crippen MR) is 168 cm³/mol. The zero-order valence-electron chi connectivity index (χ0n) is 24.1. The van der Waals surface area contributed by atoms with Crippen molar-refractivity contribution in [2.75, 3.05) is 13.2 Å². The number of carbonyl (C=O) groups excluding carboxylic acids is 1. The summed E-state index contributed by atoms with van der Waals surface area (Å²) in [5, 5.41) is 12.3. The van der Waals surface area contributed by atoms with Gasteiger partial charge in [-0.2, -0.15) is 0 Å². The van der Waals surface area contributed by atoms with E-state index in [1.165, 1.54) is 6.07 Å². The molecule has 3 aromatic carbocycles. The summed E-state index contributed by atoms with van der Waals surface area (Å²) in [5.74, 6) is -0.992. The van der Waals surface area contributed by atoms with Crippen molar-refractivity contribution in [1.82, 2.24) is 4.90 Å². The molecule has 2 aliphatic heterocycles. The summed E-state index contributed by atoms with van der Waals surface area (Å²) in [5.41, 5.74) is 2.19. The highest BCUT2D eigenvalue weighted by Gasteiger charge is 2.55. The predicted octanol–water partition coefficient (Wildman–Crippen LogP) is 8.09. The average molecular weight is 635 g/mol. The molecule has 1 saturated heterocycles. The zero-order chi connectivity index (χ0) is 29.6. The number of hydrogen-bond donors (Lipinski definition) is 0. The van der Waals surface area contributed by atoms with Gasteiger partial charge in [0.1, 0.15) is 0 Å². The van der Waals surface area contributed by atoms with Gasteiger partial charge in [0.15, 0.2) is 8.32 Å². The van der Waals surface area contributed by atoms with Gasteiger partial charge in [-0.05, 0) is 42.2 Å². The van der Waals surface area contributed by atoms with Crippen molar-refractivity contribution in [3.8, 4) is 0 Å². The Morgan fingerprint density at radius 2 is 1.78 bits per heavy atom. The van der Waals surface area contributed by atoms with Gasteiger partial charge < -0.3 is 9.33 Å². The minimum absolute atomic E-state index is 0.00763. The first-order valence-electron chi connectivity index (χ1n) is 13.9. The number of likely N-dealkylation sites (tertiary alicyclic amines) is 1. The second-order valence-electron chi connectivity index (χ2n) is 12.5. The molecule has 2 heterocycles. The van der Waals surface area contributed by atoms with Crippen LogP contribution >= 0.6 is 15.9 Å². The number of benzene rings is 3. The van der Waals surface area contributed by atoms with Crippen LogP contribution in [0.1, 0.15) is 55.8 Å². The molecule has 0 radical (unpaired) electrons. The van der Waals surface area contributed by atoms with E-state index >= 15 is 0 Å². The molecule has 214 valence electrons. The van der Waals surface area contributed by atoms with Crippen molar-refractivity contribution in [3.05, 3.63) is 104 Å². The van der Waals surface area contributed by atoms with Gasteiger partial charge in [-0.15, -0.1) is 0 Å². The molecule has 3 aromatic rings. The minimum atomic E-state index is -2.13. The molecule has 1 fully saturated rings. The molecule has 0 N–H and O–H groups in total. The monoisotopic (exact) mass is 633 g/mol. The van der Waals surface area contributed by atoms with Gasteiger partial charge in [-0.25, -0.2) is 0 Å². The zero-order valence-corrected chi connectivity index (χ0v) is 26.7. The number of nitro groups is 1. The molecule has 0 bridgehead atoms. The first-order valence-corrected chi connectivity index (χ1v) is 17.6. The Labute approximate surface area is 251 Å². The van der Waals surface area contributed by atoms with Crippen LogP contribution in [0.5, 0.6) is 0 Å².